The van der Waals surface area contributed by atoms with E-state index in [0.717, 1.165) is 32.1 Å². The van der Waals surface area contributed by atoms with Gasteiger partial charge in [-0.05, 0) is 18.9 Å². The normalized spacial score (nSPS) is 23.1. The molecule has 2 aliphatic heterocycles. The molecule has 35 heavy (non-hydrogen) atoms. The number of piperazine rings is 1. The molecular formula is C23H29N5O7. The maximum absolute atomic E-state index is 12.5. The molecule has 12 nitrogen and oxygen atoms in total. The van der Waals surface area contributed by atoms with Gasteiger partial charge in [0.2, 0.25) is 17.8 Å². The Balaban J connectivity index is 0.000000371. The van der Waals surface area contributed by atoms with E-state index in [1.165, 1.54) is 4.90 Å². The number of allylic oxidation sites excluding steroid dienone is 2. The van der Waals surface area contributed by atoms with Gasteiger partial charge in [0.1, 0.15) is 0 Å². The minimum Gasteiger partial charge on any atom is -0.478 e. The number of likely N-dealkylation sites (tertiary alicyclic amines) is 1. The van der Waals surface area contributed by atoms with Gasteiger partial charge >= 0.3 is 11.9 Å². The third-order valence-corrected chi connectivity index (χ3v) is 6.04. The average molecular weight is 488 g/mol. The predicted octanol–water partition coefficient (Wildman–Crippen LogP) is -0.377. The summed E-state index contributed by atoms with van der Waals surface area (Å²) in [6.07, 6.45) is 9.06. The minimum absolute atomic E-state index is 0.0900. The fourth-order valence-electron chi connectivity index (χ4n) is 4.34. The lowest BCUT2D eigenvalue weighted by Crippen LogP contribution is -2.51. The smallest absolute Gasteiger partial charge is 0.328 e. The molecule has 1 aliphatic carbocycles. The third kappa shape index (κ3) is 7.17. The Bertz CT molecular complexity index is 934. The predicted molar refractivity (Wildman–Crippen MR) is 123 cm³/mol. The third-order valence-electron chi connectivity index (χ3n) is 6.04. The van der Waals surface area contributed by atoms with Crippen molar-refractivity contribution in [3.8, 4) is 0 Å². The fraction of sp³-hybridized carbons (Fsp3) is 0.478. The molecule has 0 spiro atoms. The molecule has 1 aromatic rings. The molecule has 0 aromatic carbocycles. The Morgan fingerprint density at radius 2 is 1.43 bits per heavy atom. The summed E-state index contributed by atoms with van der Waals surface area (Å²) >= 11 is 0. The summed E-state index contributed by atoms with van der Waals surface area (Å²) in [7, 11) is 0. The van der Waals surface area contributed by atoms with E-state index in [1.807, 2.05) is 12.2 Å². The van der Waals surface area contributed by atoms with Crippen LogP contribution in [-0.2, 0) is 19.2 Å². The Labute approximate surface area is 202 Å². The van der Waals surface area contributed by atoms with Crippen LogP contribution in [0.5, 0.6) is 0 Å². The van der Waals surface area contributed by atoms with Crippen molar-refractivity contribution in [3.63, 3.8) is 0 Å². The number of carbonyl (C=O) groups excluding carboxylic acids is 2. The molecule has 0 radical (unpaired) electrons. The van der Waals surface area contributed by atoms with Crippen molar-refractivity contribution in [3.05, 3.63) is 42.8 Å². The first kappa shape index (κ1) is 26.0. The Hall–Kier alpha value is -3.64. The first-order chi connectivity index (χ1) is 16.8. The van der Waals surface area contributed by atoms with E-state index in [-0.39, 0.29) is 30.2 Å². The van der Waals surface area contributed by atoms with Crippen LogP contribution < -0.4 is 4.90 Å². The molecular weight excluding hydrogens is 458 g/mol. The van der Waals surface area contributed by atoms with Crippen LogP contribution in [0.1, 0.15) is 12.8 Å². The SMILES string of the molecule is O=C(O)/C=C\C(=O)O.O=C1[C@H]2CC=CC[C@H]2C(=O)N1CC(O)CN1CCN(c2ncccn2)CC1. The number of hydrogen-bond acceptors (Lipinski definition) is 9. The van der Waals surface area contributed by atoms with Crippen LogP contribution in [0.3, 0.4) is 0 Å². The lowest BCUT2D eigenvalue weighted by Gasteiger charge is -2.35. The summed E-state index contributed by atoms with van der Waals surface area (Å²) in [5.41, 5.74) is 0. The van der Waals surface area contributed by atoms with E-state index in [9.17, 15) is 24.3 Å². The van der Waals surface area contributed by atoms with Gasteiger partial charge in [0.15, 0.2) is 0 Å². The number of nitrogens with zero attached hydrogens (tertiary/aromatic N) is 5. The summed E-state index contributed by atoms with van der Waals surface area (Å²) in [5.74, 6) is -2.51. The summed E-state index contributed by atoms with van der Waals surface area (Å²) in [6.45, 7) is 3.68. The van der Waals surface area contributed by atoms with Gasteiger partial charge in [0, 0.05) is 57.3 Å². The molecule has 3 aliphatic rings. The molecule has 4 rings (SSSR count). The zero-order valence-corrected chi connectivity index (χ0v) is 19.1. The summed E-state index contributed by atoms with van der Waals surface area (Å²) in [4.78, 5) is 58.2. The molecule has 3 heterocycles. The standard InChI is InChI=1S/C19H25N5O3.C4H4O4/c25-14(13-24-17(26)15-4-1-2-5-16(15)18(24)27)12-22-8-10-23(11-9-22)19-20-6-3-7-21-19;5-3(6)1-2-4(7)8/h1-3,6-7,14-16,25H,4-5,8-13H2;1-2H,(H,5,6)(H,7,8)/b;2-1-/t14?,15-,16+;. The molecule has 2 amide bonds. The van der Waals surface area contributed by atoms with Gasteiger partial charge in [0.25, 0.3) is 0 Å². The second-order valence-corrected chi connectivity index (χ2v) is 8.44. The van der Waals surface area contributed by atoms with Gasteiger partial charge in [-0.15, -0.1) is 0 Å². The van der Waals surface area contributed by atoms with Crippen molar-refractivity contribution in [2.24, 2.45) is 11.8 Å². The number of rotatable bonds is 7. The van der Waals surface area contributed by atoms with Crippen molar-refractivity contribution < 1.29 is 34.5 Å². The topological polar surface area (TPSA) is 164 Å². The molecule has 3 N–H and O–H groups in total. The van der Waals surface area contributed by atoms with Crippen LogP contribution in [-0.4, -0.2) is 104 Å². The van der Waals surface area contributed by atoms with Crippen molar-refractivity contribution in [2.45, 2.75) is 18.9 Å². The number of β-amino-alcohol motifs (C(OH)–C–C–N with tert-alkyl or cyclic N) is 1. The Morgan fingerprint density at radius 1 is 0.914 bits per heavy atom. The van der Waals surface area contributed by atoms with Crippen molar-refractivity contribution in [2.75, 3.05) is 44.2 Å². The van der Waals surface area contributed by atoms with Crippen LogP contribution in [0.25, 0.3) is 0 Å². The highest BCUT2D eigenvalue weighted by molar-refractivity contribution is 6.05. The first-order valence-corrected chi connectivity index (χ1v) is 11.3. The number of aliphatic carboxylic acids is 2. The van der Waals surface area contributed by atoms with E-state index >= 15 is 0 Å². The molecule has 1 aromatic heterocycles. The van der Waals surface area contributed by atoms with E-state index in [2.05, 4.69) is 19.8 Å². The maximum atomic E-state index is 12.5. The van der Waals surface area contributed by atoms with Crippen LogP contribution in [0.4, 0.5) is 5.95 Å². The molecule has 0 saturated carbocycles. The summed E-state index contributed by atoms with van der Waals surface area (Å²) < 4.78 is 0. The van der Waals surface area contributed by atoms with Gasteiger partial charge < -0.3 is 20.2 Å². The van der Waals surface area contributed by atoms with Crippen LogP contribution >= 0.6 is 0 Å². The van der Waals surface area contributed by atoms with Crippen LogP contribution in [0.2, 0.25) is 0 Å². The number of hydrogen-bond donors (Lipinski definition) is 3. The monoisotopic (exact) mass is 487 g/mol. The van der Waals surface area contributed by atoms with Gasteiger partial charge in [-0.2, -0.15) is 0 Å². The summed E-state index contributed by atoms with van der Waals surface area (Å²) in [6, 6.07) is 1.79. The van der Waals surface area contributed by atoms with Crippen LogP contribution in [0, 0.1) is 11.8 Å². The lowest BCUT2D eigenvalue weighted by molar-refractivity contribution is -0.142. The number of aliphatic hydroxyl groups excluding tert-OH is 1. The number of aromatic nitrogens is 2. The maximum Gasteiger partial charge on any atom is 0.328 e. The van der Waals surface area contributed by atoms with E-state index in [4.69, 9.17) is 10.2 Å². The van der Waals surface area contributed by atoms with Crippen molar-refractivity contribution in [1.29, 1.82) is 0 Å². The second kappa shape index (κ2) is 12.2. The quantitative estimate of drug-likeness (QED) is 0.261. The number of carboxylic acid groups (broad SMARTS) is 2. The number of anilines is 1. The molecule has 0 bridgehead atoms. The van der Waals surface area contributed by atoms with Gasteiger partial charge in [-0.25, -0.2) is 19.6 Å². The van der Waals surface area contributed by atoms with E-state index in [1.54, 1.807) is 18.5 Å². The Kier molecular flexibility index (Phi) is 9.04. The minimum atomic E-state index is -1.26. The molecule has 2 fully saturated rings. The van der Waals surface area contributed by atoms with Gasteiger partial charge in [-0.3, -0.25) is 19.4 Å². The molecule has 3 atom stereocenters. The van der Waals surface area contributed by atoms with E-state index < -0.39 is 18.0 Å². The highest BCUT2D eigenvalue weighted by Crippen LogP contribution is 2.35. The van der Waals surface area contributed by atoms with Crippen LogP contribution in [0.15, 0.2) is 42.8 Å². The van der Waals surface area contributed by atoms with Gasteiger partial charge in [0.05, 0.1) is 24.5 Å². The van der Waals surface area contributed by atoms with Gasteiger partial charge in [-0.1, -0.05) is 12.2 Å². The number of aliphatic hydroxyl groups is 1. The molecule has 188 valence electrons. The number of amides is 2. The number of fused-ring (bicyclic) bond motifs is 1. The Morgan fingerprint density at radius 3 is 1.91 bits per heavy atom. The zero-order valence-electron chi connectivity index (χ0n) is 19.1. The lowest BCUT2D eigenvalue weighted by atomic mass is 9.85. The fourth-order valence-corrected chi connectivity index (χ4v) is 4.34. The van der Waals surface area contributed by atoms with Crippen molar-refractivity contribution in [1.82, 2.24) is 19.8 Å². The second-order valence-electron chi connectivity index (χ2n) is 8.44. The molecule has 1 unspecified atom stereocenters. The number of carbonyl (C=O) groups is 4. The largest absolute Gasteiger partial charge is 0.478 e. The van der Waals surface area contributed by atoms with E-state index in [0.29, 0.717) is 31.5 Å². The number of imide groups is 1. The first-order valence-electron chi connectivity index (χ1n) is 11.3. The highest BCUT2D eigenvalue weighted by Gasteiger charge is 2.47. The molecule has 2 saturated heterocycles. The highest BCUT2D eigenvalue weighted by atomic mass is 16.4. The van der Waals surface area contributed by atoms with Crippen molar-refractivity contribution >= 4 is 29.7 Å². The number of carboxylic acids is 2. The average Bonchev–Trinajstić information content (AvgIpc) is 3.09. The molecule has 12 heteroatoms. The summed E-state index contributed by atoms with van der Waals surface area (Å²) in [5, 5.41) is 26.1. The zero-order chi connectivity index (χ0) is 25.4.